The standard InChI is InChI=1S/C22H26N2O3/c1-2-3-10-22(17-7-5-4-6-16(17)21(27)24-22)13-20(26)19-12-14-11-15(25)8-9-18(14)23-19/h4,6,8-9,11,20,25-26H,2-3,5,7,10,12-13H2,1H3,(H,24,27). The third-order valence-electron chi connectivity index (χ3n) is 5.93. The molecular weight excluding hydrogens is 340 g/mol. The van der Waals surface area contributed by atoms with Gasteiger partial charge in [-0.1, -0.05) is 31.9 Å². The monoisotopic (exact) mass is 366 g/mol. The Morgan fingerprint density at radius 2 is 2.22 bits per heavy atom. The van der Waals surface area contributed by atoms with Crippen LogP contribution in [0.1, 0.15) is 51.0 Å². The largest absolute Gasteiger partial charge is 0.508 e. The predicted octanol–water partition coefficient (Wildman–Crippen LogP) is 3.48. The van der Waals surface area contributed by atoms with E-state index in [1.165, 1.54) is 0 Å². The van der Waals surface area contributed by atoms with Crippen molar-refractivity contribution in [2.75, 3.05) is 0 Å². The van der Waals surface area contributed by atoms with Gasteiger partial charge in [0, 0.05) is 18.4 Å². The van der Waals surface area contributed by atoms with Crippen LogP contribution < -0.4 is 5.32 Å². The summed E-state index contributed by atoms with van der Waals surface area (Å²) in [5, 5.41) is 23.9. The molecule has 2 aliphatic heterocycles. The van der Waals surface area contributed by atoms with Crippen LogP contribution in [0, 0.1) is 0 Å². The number of allylic oxidation sites excluding steroid dienone is 1. The molecule has 5 nitrogen and oxygen atoms in total. The van der Waals surface area contributed by atoms with Gasteiger partial charge in [-0.3, -0.25) is 9.79 Å². The number of aromatic hydroxyl groups is 1. The molecule has 1 aromatic carbocycles. The maximum atomic E-state index is 12.5. The summed E-state index contributed by atoms with van der Waals surface area (Å²) in [6.07, 6.45) is 8.90. The van der Waals surface area contributed by atoms with Gasteiger partial charge in [0.05, 0.1) is 23.0 Å². The number of unbranched alkanes of at least 4 members (excludes halogenated alkanes) is 1. The molecule has 3 aliphatic rings. The fourth-order valence-electron chi connectivity index (χ4n) is 4.55. The number of phenolic OH excluding ortho intramolecular Hbond substituents is 1. The Morgan fingerprint density at radius 3 is 3.04 bits per heavy atom. The smallest absolute Gasteiger partial charge is 0.251 e. The molecule has 0 bridgehead atoms. The summed E-state index contributed by atoms with van der Waals surface area (Å²) in [6.45, 7) is 2.14. The van der Waals surface area contributed by atoms with Crippen LogP contribution in [-0.2, 0) is 11.2 Å². The fourth-order valence-corrected chi connectivity index (χ4v) is 4.55. The number of nitrogens with one attached hydrogen (secondary N) is 1. The minimum absolute atomic E-state index is 0.0224. The normalized spacial score (nSPS) is 24.5. The zero-order valence-corrected chi connectivity index (χ0v) is 15.7. The summed E-state index contributed by atoms with van der Waals surface area (Å²) >= 11 is 0. The molecule has 2 unspecified atom stereocenters. The highest BCUT2D eigenvalue weighted by Crippen LogP contribution is 2.41. The molecule has 142 valence electrons. The molecule has 0 saturated carbocycles. The van der Waals surface area contributed by atoms with Crippen molar-refractivity contribution in [3.63, 3.8) is 0 Å². The minimum Gasteiger partial charge on any atom is -0.508 e. The van der Waals surface area contributed by atoms with Gasteiger partial charge in [-0.2, -0.15) is 0 Å². The summed E-state index contributed by atoms with van der Waals surface area (Å²) in [7, 11) is 0. The quantitative estimate of drug-likeness (QED) is 0.721. The first-order valence-electron chi connectivity index (χ1n) is 9.82. The van der Waals surface area contributed by atoms with Crippen molar-refractivity contribution in [1.29, 1.82) is 0 Å². The second kappa shape index (κ2) is 6.97. The van der Waals surface area contributed by atoms with Crippen molar-refractivity contribution in [2.24, 2.45) is 4.99 Å². The van der Waals surface area contributed by atoms with E-state index in [0.29, 0.717) is 18.6 Å². The lowest BCUT2D eigenvalue weighted by Gasteiger charge is -2.35. The number of rotatable bonds is 6. The number of phenols is 1. The second-order valence-corrected chi connectivity index (χ2v) is 7.79. The summed E-state index contributed by atoms with van der Waals surface area (Å²) in [5.74, 6) is 0.191. The number of carbonyl (C=O) groups is 1. The molecule has 0 fully saturated rings. The number of carbonyl (C=O) groups excluding carboxylic acids is 1. The number of aliphatic hydroxyl groups is 1. The van der Waals surface area contributed by atoms with Gasteiger partial charge in [-0.05, 0) is 48.6 Å². The Bertz CT molecular complexity index is 868. The van der Waals surface area contributed by atoms with E-state index in [2.05, 4.69) is 23.3 Å². The average Bonchev–Trinajstić information content (AvgIpc) is 3.20. The van der Waals surface area contributed by atoms with Gasteiger partial charge < -0.3 is 15.5 Å². The van der Waals surface area contributed by atoms with E-state index < -0.39 is 11.6 Å². The molecule has 0 radical (unpaired) electrons. The molecule has 1 amide bonds. The van der Waals surface area contributed by atoms with Crippen molar-refractivity contribution in [3.05, 3.63) is 47.1 Å². The number of hydrogen-bond donors (Lipinski definition) is 3. The average molecular weight is 366 g/mol. The molecule has 1 aliphatic carbocycles. The van der Waals surface area contributed by atoms with Gasteiger partial charge in [0.1, 0.15) is 5.75 Å². The number of nitrogens with zero attached hydrogens (tertiary/aromatic N) is 1. The van der Waals surface area contributed by atoms with Crippen molar-refractivity contribution >= 4 is 17.3 Å². The van der Waals surface area contributed by atoms with Gasteiger partial charge in [0.25, 0.3) is 5.91 Å². The maximum Gasteiger partial charge on any atom is 0.251 e. The minimum atomic E-state index is -0.727. The van der Waals surface area contributed by atoms with Gasteiger partial charge >= 0.3 is 0 Å². The van der Waals surface area contributed by atoms with Crippen molar-refractivity contribution < 1.29 is 15.0 Å². The van der Waals surface area contributed by atoms with Crippen LogP contribution in [0.2, 0.25) is 0 Å². The van der Waals surface area contributed by atoms with Gasteiger partial charge in [0.15, 0.2) is 0 Å². The van der Waals surface area contributed by atoms with Crippen LogP contribution in [0.5, 0.6) is 5.75 Å². The molecule has 5 heteroatoms. The lowest BCUT2D eigenvalue weighted by atomic mass is 9.76. The summed E-state index contributed by atoms with van der Waals surface area (Å²) in [6, 6.07) is 5.10. The zero-order chi connectivity index (χ0) is 19.0. The first-order chi connectivity index (χ1) is 13.0. The molecule has 1 aromatic rings. The highest BCUT2D eigenvalue weighted by atomic mass is 16.3. The summed E-state index contributed by atoms with van der Waals surface area (Å²) in [4.78, 5) is 17.1. The van der Waals surface area contributed by atoms with Crippen LogP contribution in [0.15, 0.2) is 46.5 Å². The Morgan fingerprint density at radius 1 is 1.37 bits per heavy atom. The predicted molar refractivity (Wildman–Crippen MR) is 105 cm³/mol. The van der Waals surface area contributed by atoms with Crippen LogP contribution >= 0.6 is 0 Å². The number of benzene rings is 1. The van der Waals surface area contributed by atoms with E-state index in [9.17, 15) is 15.0 Å². The summed E-state index contributed by atoms with van der Waals surface area (Å²) < 4.78 is 0. The molecule has 3 N–H and O–H groups in total. The lowest BCUT2D eigenvalue weighted by Crippen LogP contribution is -2.48. The number of aliphatic hydroxyl groups excluding tert-OH is 1. The van der Waals surface area contributed by atoms with E-state index in [-0.39, 0.29) is 11.7 Å². The first kappa shape index (κ1) is 18.0. The number of hydrogen-bond acceptors (Lipinski definition) is 4. The first-order valence-corrected chi connectivity index (χ1v) is 9.82. The molecule has 2 heterocycles. The van der Waals surface area contributed by atoms with E-state index in [1.807, 2.05) is 6.08 Å². The number of fused-ring (bicyclic) bond motifs is 1. The van der Waals surface area contributed by atoms with Gasteiger partial charge in [-0.15, -0.1) is 0 Å². The van der Waals surface area contributed by atoms with E-state index >= 15 is 0 Å². The molecule has 2 atom stereocenters. The molecule has 0 spiro atoms. The summed E-state index contributed by atoms with van der Waals surface area (Å²) in [5.41, 5.74) is 3.90. The highest BCUT2D eigenvalue weighted by molar-refractivity contribution is 6.02. The van der Waals surface area contributed by atoms with Crippen molar-refractivity contribution in [1.82, 2.24) is 5.32 Å². The van der Waals surface area contributed by atoms with Crippen molar-refractivity contribution in [3.8, 4) is 5.75 Å². The fraction of sp³-hybridized carbons (Fsp3) is 0.455. The third kappa shape index (κ3) is 3.21. The van der Waals surface area contributed by atoms with Gasteiger partial charge in [0.2, 0.25) is 0 Å². The van der Waals surface area contributed by atoms with E-state index in [4.69, 9.17) is 0 Å². The molecule has 0 saturated heterocycles. The van der Waals surface area contributed by atoms with Gasteiger partial charge in [-0.25, -0.2) is 0 Å². The Kier molecular flexibility index (Phi) is 4.64. The van der Waals surface area contributed by atoms with E-state index in [0.717, 1.165) is 54.5 Å². The Labute approximate surface area is 159 Å². The van der Waals surface area contributed by atoms with Crippen LogP contribution in [0.3, 0.4) is 0 Å². The molecular formula is C22H26N2O3. The number of amides is 1. The van der Waals surface area contributed by atoms with Crippen LogP contribution in [-0.4, -0.2) is 33.5 Å². The molecule has 27 heavy (non-hydrogen) atoms. The topological polar surface area (TPSA) is 81.9 Å². The highest BCUT2D eigenvalue weighted by Gasteiger charge is 2.45. The lowest BCUT2D eigenvalue weighted by molar-refractivity contribution is -0.117. The number of aliphatic imine (C=N–C) groups is 1. The molecule has 0 aromatic heterocycles. The van der Waals surface area contributed by atoms with Crippen molar-refractivity contribution in [2.45, 2.75) is 63.5 Å². The van der Waals surface area contributed by atoms with Crippen LogP contribution in [0.4, 0.5) is 5.69 Å². The SMILES string of the molecule is CCCCC1(CC(O)C2=Nc3ccc(O)cc3C2)NC(=O)C2=C1CCC=C2. The maximum absolute atomic E-state index is 12.5. The van der Waals surface area contributed by atoms with E-state index in [1.54, 1.807) is 18.2 Å². The third-order valence-corrected chi connectivity index (χ3v) is 5.93. The second-order valence-electron chi connectivity index (χ2n) is 7.79. The zero-order valence-electron chi connectivity index (χ0n) is 15.7. The van der Waals surface area contributed by atoms with Crippen LogP contribution in [0.25, 0.3) is 0 Å². The Balaban J connectivity index is 1.59. The molecule has 4 rings (SSSR count). The Hall–Kier alpha value is -2.40.